The summed E-state index contributed by atoms with van der Waals surface area (Å²) in [4.78, 5) is 0. The molecule has 0 bridgehead atoms. The van der Waals surface area contributed by atoms with Crippen molar-refractivity contribution in [3.8, 4) is 0 Å². The van der Waals surface area contributed by atoms with E-state index in [9.17, 15) is 4.39 Å². The average molecular weight is 234 g/mol. The van der Waals surface area contributed by atoms with Gasteiger partial charge in [-0.1, -0.05) is 11.6 Å². The van der Waals surface area contributed by atoms with Gasteiger partial charge in [-0.2, -0.15) is 0 Å². The fourth-order valence-electron chi connectivity index (χ4n) is 2.04. The van der Waals surface area contributed by atoms with E-state index in [0.29, 0.717) is 22.7 Å². The Kier molecular flexibility index (Phi) is 2.82. The number of alkyl halides is 1. The smallest absolute Gasteiger partial charge is 0.140 e. The van der Waals surface area contributed by atoms with Crippen LogP contribution < -0.4 is 5.32 Å². The zero-order chi connectivity index (χ0) is 10.2. The summed E-state index contributed by atoms with van der Waals surface area (Å²) >= 11 is 7.37. The molecule has 0 aromatic carbocycles. The topological polar surface area (TPSA) is 12.0 Å². The van der Waals surface area contributed by atoms with Crippen molar-refractivity contribution in [1.29, 1.82) is 0 Å². The second-order valence-corrected chi connectivity index (χ2v) is 5.40. The van der Waals surface area contributed by atoms with Crippen LogP contribution >= 0.6 is 22.9 Å². The van der Waals surface area contributed by atoms with Gasteiger partial charge in [0.05, 0.1) is 4.34 Å². The Bertz CT molecular complexity index is 328. The minimum atomic E-state index is -1.22. The van der Waals surface area contributed by atoms with E-state index >= 15 is 0 Å². The summed E-state index contributed by atoms with van der Waals surface area (Å²) in [5.41, 5.74) is -0.542. The lowest BCUT2D eigenvalue weighted by atomic mass is 9.85. The van der Waals surface area contributed by atoms with Crippen LogP contribution in [0, 0.1) is 0 Å². The van der Waals surface area contributed by atoms with Crippen LogP contribution in [0.15, 0.2) is 11.4 Å². The van der Waals surface area contributed by atoms with Crippen LogP contribution in [-0.4, -0.2) is 12.6 Å². The van der Waals surface area contributed by atoms with Gasteiger partial charge in [-0.25, -0.2) is 4.39 Å². The van der Waals surface area contributed by atoms with Crippen LogP contribution in [0.25, 0.3) is 0 Å². The van der Waals surface area contributed by atoms with Crippen LogP contribution in [0.2, 0.25) is 4.34 Å². The maximum atomic E-state index is 14.5. The van der Waals surface area contributed by atoms with Gasteiger partial charge in [-0.05, 0) is 31.3 Å². The molecule has 1 saturated heterocycles. The summed E-state index contributed by atoms with van der Waals surface area (Å²) in [6.07, 6.45) is 1.04. The Morgan fingerprint density at radius 3 is 3.07 bits per heavy atom. The van der Waals surface area contributed by atoms with Crippen molar-refractivity contribution in [2.45, 2.75) is 31.5 Å². The van der Waals surface area contributed by atoms with Gasteiger partial charge in [-0.15, -0.1) is 11.3 Å². The van der Waals surface area contributed by atoms with Crippen molar-refractivity contribution in [1.82, 2.24) is 5.32 Å². The minimum absolute atomic E-state index is 0.227. The van der Waals surface area contributed by atoms with Gasteiger partial charge in [0.15, 0.2) is 0 Å². The monoisotopic (exact) mass is 233 g/mol. The quantitative estimate of drug-likeness (QED) is 0.785. The normalized spacial score (nSPS) is 33.2. The standard InChI is InChI=1S/C10H13ClFNS/c1-7-6-10(12,3-4-13-7)8-2-5-14-9(8)11/h2,5,7,13H,3-4,6H2,1H3. The lowest BCUT2D eigenvalue weighted by Crippen LogP contribution is -2.42. The van der Waals surface area contributed by atoms with Crippen molar-refractivity contribution < 1.29 is 4.39 Å². The van der Waals surface area contributed by atoms with E-state index in [2.05, 4.69) is 5.32 Å². The highest BCUT2D eigenvalue weighted by atomic mass is 35.5. The predicted molar refractivity (Wildman–Crippen MR) is 58.8 cm³/mol. The van der Waals surface area contributed by atoms with E-state index in [4.69, 9.17) is 11.6 Å². The molecule has 1 aliphatic rings. The largest absolute Gasteiger partial charge is 0.314 e. The van der Waals surface area contributed by atoms with Gasteiger partial charge < -0.3 is 5.32 Å². The van der Waals surface area contributed by atoms with Crippen molar-refractivity contribution >= 4 is 22.9 Å². The Hall–Kier alpha value is -0.120. The zero-order valence-electron chi connectivity index (χ0n) is 8.02. The molecule has 2 heterocycles. The molecule has 1 aromatic heterocycles. The van der Waals surface area contributed by atoms with Crippen LogP contribution in [-0.2, 0) is 5.67 Å². The summed E-state index contributed by atoms with van der Waals surface area (Å²) in [6.45, 7) is 2.73. The van der Waals surface area contributed by atoms with Crippen molar-refractivity contribution in [2.24, 2.45) is 0 Å². The summed E-state index contributed by atoms with van der Waals surface area (Å²) in [7, 11) is 0. The van der Waals surface area contributed by atoms with Gasteiger partial charge in [-0.3, -0.25) is 0 Å². The molecule has 78 valence electrons. The average Bonchev–Trinajstić information content (AvgIpc) is 2.51. The number of nitrogens with one attached hydrogen (secondary N) is 1. The lowest BCUT2D eigenvalue weighted by Gasteiger charge is -2.34. The Morgan fingerprint density at radius 1 is 1.71 bits per heavy atom. The molecule has 1 fully saturated rings. The fourth-order valence-corrected chi connectivity index (χ4v) is 3.13. The fraction of sp³-hybridized carbons (Fsp3) is 0.600. The van der Waals surface area contributed by atoms with Crippen LogP contribution in [0.4, 0.5) is 4.39 Å². The number of thiophene rings is 1. The maximum Gasteiger partial charge on any atom is 0.140 e. The van der Waals surface area contributed by atoms with E-state index in [0.717, 1.165) is 6.54 Å². The lowest BCUT2D eigenvalue weighted by molar-refractivity contribution is 0.0954. The third kappa shape index (κ3) is 1.81. The van der Waals surface area contributed by atoms with Crippen LogP contribution in [0.3, 0.4) is 0 Å². The van der Waals surface area contributed by atoms with Gasteiger partial charge >= 0.3 is 0 Å². The number of hydrogen-bond donors (Lipinski definition) is 1. The molecule has 2 unspecified atom stereocenters. The molecule has 0 radical (unpaired) electrons. The third-order valence-electron chi connectivity index (χ3n) is 2.74. The Morgan fingerprint density at radius 2 is 2.50 bits per heavy atom. The molecular weight excluding hydrogens is 221 g/mol. The first-order valence-corrected chi connectivity index (χ1v) is 6.03. The van der Waals surface area contributed by atoms with E-state index < -0.39 is 5.67 Å². The molecular formula is C10H13ClFNS. The second-order valence-electron chi connectivity index (χ2n) is 3.88. The highest BCUT2D eigenvalue weighted by Crippen LogP contribution is 2.42. The van der Waals surface area contributed by atoms with Gasteiger partial charge in [0.1, 0.15) is 5.67 Å². The molecule has 4 heteroatoms. The Labute approximate surface area is 92.3 Å². The highest BCUT2D eigenvalue weighted by Gasteiger charge is 2.38. The molecule has 1 nitrogen and oxygen atoms in total. The molecule has 1 aliphatic heterocycles. The van der Waals surface area contributed by atoms with Crippen LogP contribution in [0.1, 0.15) is 25.3 Å². The molecule has 0 amide bonds. The SMILES string of the molecule is CC1CC(F)(c2ccsc2Cl)CCN1. The van der Waals surface area contributed by atoms with E-state index in [-0.39, 0.29) is 6.04 Å². The van der Waals surface area contributed by atoms with Gasteiger partial charge in [0, 0.05) is 18.0 Å². The summed E-state index contributed by atoms with van der Waals surface area (Å²) in [5, 5.41) is 5.09. The number of piperidine rings is 1. The highest BCUT2D eigenvalue weighted by molar-refractivity contribution is 7.14. The maximum absolute atomic E-state index is 14.5. The van der Waals surface area contributed by atoms with Gasteiger partial charge in [0.2, 0.25) is 0 Å². The van der Waals surface area contributed by atoms with Crippen molar-refractivity contribution in [3.05, 3.63) is 21.3 Å². The molecule has 14 heavy (non-hydrogen) atoms. The number of hydrogen-bond acceptors (Lipinski definition) is 2. The summed E-state index contributed by atoms with van der Waals surface area (Å²) in [6, 6.07) is 2.04. The first kappa shape index (κ1) is 10.4. The molecule has 1 aromatic rings. The summed E-state index contributed by atoms with van der Waals surface area (Å²) in [5.74, 6) is 0. The molecule has 1 N–H and O–H groups in total. The predicted octanol–water partition coefficient (Wildman–Crippen LogP) is 3.34. The van der Waals surface area contributed by atoms with E-state index in [1.807, 2.05) is 18.4 Å². The first-order valence-electron chi connectivity index (χ1n) is 4.77. The second kappa shape index (κ2) is 3.80. The molecule has 0 saturated carbocycles. The molecule has 0 aliphatic carbocycles. The Balaban J connectivity index is 2.27. The van der Waals surface area contributed by atoms with E-state index in [1.165, 1.54) is 11.3 Å². The number of halogens is 2. The minimum Gasteiger partial charge on any atom is -0.314 e. The first-order chi connectivity index (χ1) is 6.62. The third-order valence-corrected chi connectivity index (χ3v) is 3.91. The van der Waals surface area contributed by atoms with E-state index in [1.54, 1.807) is 0 Å². The summed E-state index contributed by atoms with van der Waals surface area (Å²) < 4.78 is 15.1. The zero-order valence-corrected chi connectivity index (χ0v) is 9.59. The van der Waals surface area contributed by atoms with Gasteiger partial charge in [0.25, 0.3) is 0 Å². The molecule has 2 atom stereocenters. The van der Waals surface area contributed by atoms with Crippen LogP contribution in [0.5, 0.6) is 0 Å². The molecule has 0 spiro atoms. The van der Waals surface area contributed by atoms with Crippen molar-refractivity contribution in [3.63, 3.8) is 0 Å². The van der Waals surface area contributed by atoms with Crippen molar-refractivity contribution in [2.75, 3.05) is 6.54 Å². The number of rotatable bonds is 1. The molecule has 2 rings (SSSR count).